The van der Waals surface area contributed by atoms with E-state index >= 15 is 0 Å². The molecule has 4 N–H and O–H groups in total. The summed E-state index contributed by atoms with van der Waals surface area (Å²) in [5.41, 5.74) is 6.70. The molecule has 21 heavy (non-hydrogen) atoms. The Bertz CT molecular complexity index is 659. The molecule has 0 aliphatic carbocycles. The first kappa shape index (κ1) is 14.5. The van der Waals surface area contributed by atoms with Gasteiger partial charge in [0.05, 0.1) is 4.92 Å². The van der Waals surface area contributed by atoms with Crippen molar-refractivity contribution in [1.29, 1.82) is 0 Å². The summed E-state index contributed by atoms with van der Waals surface area (Å²) in [6.45, 7) is 0.229. The quantitative estimate of drug-likeness (QED) is 0.592. The average molecular weight is 286 g/mol. The molecule has 0 heterocycles. The normalized spacial score (nSPS) is 9.95. The Balaban J connectivity index is 2.17. The lowest BCUT2D eigenvalue weighted by Crippen LogP contribution is -2.20. The van der Waals surface area contributed by atoms with Gasteiger partial charge in [-0.25, -0.2) is 4.79 Å². The fourth-order valence-corrected chi connectivity index (χ4v) is 1.78. The van der Waals surface area contributed by atoms with Crippen molar-refractivity contribution in [1.82, 2.24) is 0 Å². The smallest absolute Gasteiger partial charge is 0.323 e. The molecule has 7 nitrogen and oxygen atoms in total. The third-order valence-corrected chi connectivity index (χ3v) is 2.77. The van der Waals surface area contributed by atoms with Gasteiger partial charge in [-0.3, -0.25) is 10.1 Å². The first-order chi connectivity index (χ1) is 10.1. The van der Waals surface area contributed by atoms with E-state index in [0.717, 1.165) is 0 Å². The number of carbonyl (C=O) groups is 1. The number of hydrogen-bond acceptors (Lipinski definition) is 4. The molecule has 0 spiro atoms. The molecule has 2 amide bonds. The second-order valence-electron chi connectivity index (χ2n) is 4.26. The minimum Gasteiger partial charge on any atom is -0.326 e. The van der Waals surface area contributed by atoms with Crippen LogP contribution in [0.2, 0.25) is 0 Å². The van der Waals surface area contributed by atoms with Gasteiger partial charge in [-0.05, 0) is 23.8 Å². The van der Waals surface area contributed by atoms with E-state index in [1.165, 1.54) is 12.1 Å². The van der Waals surface area contributed by atoms with E-state index in [4.69, 9.17) is 5.73 Å². The van der Waals surface area contributed by atoms with Crippen LogP contribution in [0.5, 0.6) is 0 Å². The van der Waals surface area contributed by atoms with Crippen LogP contribution in [0.15, 0.2) is 48.5 Å². The van der Waals surface area contributed by atoms with Gasteiger partial charge in [0.25, 0.3) is 5.69 Å². The largest absolute Gasteiger partial charge is 0.326 e. The molecule has 0 saturated heterocycles. The van der Waals surface area contributed by atoms with Gasteiger partial charge >= 0.3 is 6.03 Å². The molecular formula is C14H14N4O3. The van der Waals surface area contributed by atoms with E-state index < -0.39 is 11.0 Å². The molecule has 0 fully saturated rings. The van der Waals surface area contributed by atoms with Gasteiger partial charge in [-0.2, -0.15) is 0 Å². The summed E-state index contributed by atoms with van der Waals surface area (Å²) in [4.78, 5) is 22.3. The molecule has 0 aliphatic rings. The van der Waals surface area contributed by atoms with E-state index in [9.17, 15) is 14.9 Å². The average Bonchev–Trinajstić information content (AvgIpc) is 2.47. The number of carbonyl (C=O) groups excluding carboxylic acids is 1. The third kappa shape index (κ3) is 3.77. The summed E-state index contributed by atoms with van der Waals surface area (Å²) in [6.07, 6.45) is 0. The predicted octanol–water partition coefficient (Wildman–Crippen LogP) is 2.70. The zero-order chi connectivity index (χ0) is 15.2. The Kier molecular flexibility index (Phi) is 4.47. The molecule has 0 bridgehead atoms. The van der Waals surface area contributed by atoms with E-state index in [-0.39, 0.29) is 17.9 Å². The number of anilines is 2. The Labute approximate surface area is 120 Å². The highest BCUT2D eigenvalue weighted by Crippen LogP contribution is 2.25. The van der Waals surface area contributed by atoms with Gasteiger partial charge in [0.2, 0.25) is 0 Å². The fraction of sp³-hybridized carbons (Fsp3) is 0.0714. The summed E-state index contributed by atoms with van der Waals surface area (Å²) in [6, 6.07) is 12.6. The number of nitrogens with zero attached hydrogens (tertiary/aromatic N) is 1. The highest BCUT2D eigenvalue weighted by atomic mass is 16.6. The van der Waals surface area contributed by atoms with Gasteiger partial charge in [0, 0.05) is 18.3 Å². The molecule has 0 atom stereocenters. The topological polar surface area (TPSA) is 110 Å². The van der Waals surface area contributed by atoms with Gasteiger partial charge in [0.15, 0.2) is 0 Å². The van der Waals surface area contributed by atoms with Crippen LogP contribution in [0.4, 0.5) is 21.9 Å². The minimum atomic E-state index is -0.557. The number of para-hydroxylation sites is 1. The molecule has 2 aromatic rings. The summed E-state index contributed by atoms with van der Waals surface area (Å²) in [5.74, 6) is 0. The van der Waals surface area contributed by atoms with Crippen LogP contribution in [-0.4, -0.2) is 11.0 Å². The Morgan fingerprint density at radius 2 is 1.86 bits per heavy atom. The number of hydrogen-bond donors (Lipinski definition) is 3. The summed E-state index contributed by atoms with van der Waals surface area (Å²) < 4.78 is 0. The zero-order valence-electron chi connectivity index (χ0n) is 11.1. The van der Waals surface area contributed by atoms with Crippen molar-refractivity contribution in [2.24, 2.45) is 5.73 Å². The van der Waals surface area contributed by atoms with Gasteiger partial charge in [-0.15, -0.1) is 0 Å². The van der Waals surface area contributed by atoms with E-state index in [1.807, 2.05) is 6.07 Å². The Morgan fingerprint density at radius 3 is 2.48 bits per heavy atom. The molecule has 0 aromatic heterocycles. The van der Waals surface area contributed by atoms with Gasteiger partial charge < -0.3 is 16.4 Å². The summed E-state index contributed by atoms with van der Waals surface area (Å²) in [7, 11) is 0. The van der Waals surface area contributed by atoms with Crippen molar-refractivity contribution in [3.8, 4) is 0 Å². The molecule has 0 saturated carbocycles. The van der Waals surface area contributed by atoms with Crippen molar-refractivity contribution in [3.63, 3.8) is 0 Å². The monoisotopic (exact) mass is 286 g/mol. The number of nitrogens with two attached hydrogens (primary N) is 1. The number of nitro benzene ring substituents is 1. The molecule has 7 heteroatoms. The minimum absolute atomic E-state index is 0.108. The van der Waals surface area contributed by atoms with Crippen molar-refractivity contribution < 1.29 is 9.72 Å². The SMILES string of the molecule is NCc1ccc([N+](=O)[O-])c(NC(=O)Nc2ccccc2)c1. The van der Waals surface area contributed by atoms with E-state index in [0.29, 0.717) is 11.3 Å². The lowest BCUT2D eigenvalue weighted by Gasteiger charge is -2.09. The second-order valence-corrected chi connectivity index (χ2v) is 4.26. The zero-order valence-corrected chi connectivity index (χ0v) is 11.1. The Morgan fingerprint density at radius 1 is 1.14 bits per heavy atom. The maximum absolute atomic E-state index is 11.9. The van der Waals surface area contributed by atoms with Crippen molar-refractivity contribution >= 4 is 23.1 Å². The number of nitro groups is 1. The van der Waals surface area contributed by atoms with Crippen molar-refractivity contribution in [3.05, 3.63) is 64.2 Å². The molecular weight excluding hydrogens is 272 g/mol. The van der Waals surface area contributed by atoms with Crippen LogP contribution >= 0.6 is 0 Å². The van der Waals surface area contributed by atoms with Crippen LogP contribution in [0.3, 0.4) is 0 Å². The molecule has 0 aliphatic heterocycles. The van der Waals surface area contributed by atoms with Crippen LogP contribution in [0.25, 0.3) is 0 Å². The third-order valence-electron chi connectivity index (χ3n) is 2.77. The molecule has 2 rings (SSSR count). The second kappa shape index (κ2) is 6.49. The number of amides is 2. The van der Waals surface area contributed by atoms with Crippen molar-refractivity contribution in [2.45, 2.75) is 6.54 Å². The molecule has 0 radical (unpaired) electrons. The Hall–Kier alpha value is -2.93. The number of urea groups is 1. The van der Waals surface area contributed by atoms with Gasteiger partial charge in [0.1, 0.15) is 5.69 Å². The van der Waals surface area contributed by atoms with Crippen LogP contribution in [0, 0.1) is 10.1 Å². The van der Waals surface area contributed by atoms with Crippen LogP contribution in [-0.2, 0) is 6.54 Å². The fourth-order valence-electron chi connectivity index (χ4n) is 1.78. The molecule has 2 aromatic carbocycles. The maximum Gasteiger partial charge on any atom is 0.323 e. The number of nitrogens with one attached hydrogen (secondary N) is 2. The van der Waals surface area contributed by atoms with E-state index in [2.05, 4.69) is 10.6 Å². The predicted molar refractivity (Wildman–Crippen MR) is 80.1 cm³/mol. The maximum atomic E-state index is 11.9. The van der Waals surface area contributed by atoms with Gasteiger partial charge in [-0.1, -0.05) is 24.3 Å². The first-order valence-electron chi connectivity index (χ1n) is 6.20. The number of rotatable bonds is 4. The lowest BCUT2D eigenvalue weighted by atomic mass is 10.1. The summed E-state index contributed by atoms with van der Waals surface area (Å²) in [5, 5.41) is 16.0. The molecule has 108 valence electrons. The number of benzene rings is 2. The van der Waals surface area contributed by atoms with Crippen LogP contribution < -0.4 is 16.4 Å². The first-order valence-corrected chi connectivity index (χ1v) is 6.20. The molecule has 0 unspecified atom stereocenters. The lowest BCUT2D eigenvalue weighted by molar-refractivity contribution is -0.383. The summed E-state index contributed by atoms with van der Waals surface area (Å²) >= 11 is 0. The highest BCUT2D eigenvalue weighted by Gasteiger charge is 2.16. The standard InChI is InChI=1S/C14H14N4O3/c15-9-10-6-7-13(18(20)21)12(8-10)17-14(19)16-11-4-2-1-3-5-11/h1-8H,9,15H2,(H2,16,17,19). The van der Waals surface area contributed by atoms with Crippen LogP contribution in [0.1, 0.15) is 5.56 Å². The van der Waals surface area contributed by atoms with E-state index in [1.54, 1.807) is 30.3 Å². The van der Waals surface area contributed by atoms with Crippen molar-refractivity contribution in [2.75, 3.05) is 10.6 Å². The highest BCUT2D eigenvalue weighted by molar-refractivity contribution is 6.01.